The van der Waals surface area contributed by atoms with Crippen LogP contribution in [0.5, 0.6) is 5.75 Å². The Morgan fingerprint density at radius 2 is 2.08 bits per heavy atom. The predicted octanol–water partition coefficient (Wildman–Crippen LogP) is 4.07. The Balaban J connectivity index is 1.93. The van der Waals surface area contributed by atoms with Gasteiger partial charge in [0, 0.05) is 12.1 Å². The monoisotopic (exact) mass is 323 g/mol. The van der Waals surface area contributed by atoms with Crippen LogP contribution in [-0.2, 0) is 0 Å². The van der Waals surface area contributed by atoms with Gasteiger partial charge >= 0.3 is 0 Å². The van der Waals surface area contributed by atoms with Crippen molar-refractivity contribution < 1.29 is 9.15 Å². The van der Waals surface area contributed by atoms with E-state index in [0.29, 0.717) is 11.7 Å². The number of amidine groups is 1. The predicted molar refractivity (Wildman–Crippen MR) is 95.7 cm³/mol. The van der Waals surface area contributed by atoms with Gasteiger partial charge in [0.2, 0.25) is 5.88 Å². The number of furan rings is 1. The van der Waals surface area contributed by atoms with Gasteiger partial charge in [-0.2, -0.15) is 0 Å². The van der Waals surface area contributed by atoms with Crippen molar-refractivity contribution >= 4 is 17.4 Å². The highest BCUT2D eigenvalue weighted by molar-refractivity contribution is 6.13. The minimum Gasteiger partial charge on any atom is -0.497 e. The zero-order chi connectivity index (χ0) is 16.9. The smallest absolute Gasteiger partial charge is 0.206 e. The summed E-state index contributed by atoms with van der Waals surface area (Å²) >= 11 is 0. The van der Waals surface area contributed by atoms with Gasteiger partial charge in [0.15, 0.2) is 6.17 Å². The minimum absolute atomic E-state index is 0.332. The van der Waals surface area contributed by atoms with Gasteiger partial charge in [-0.25, -0.2) is 0 Å². The Bertz CT molecular complexity index is 768. The summed E-state index contributed by atoms with van der Waals surface area (Å²) in [6.45, 7) is 2.15. The van der Waals surface area contributed by atoms with Crippen LogP contribution < -0.4 is 15.0 Å². The second kappa shape index (κ2) is 7.14. The van der Waals surface area contributed by atoms with Crippen molar-refractivity contribution in [2.45, 2.75) is 32.4 Å². The zero-order valence-electron chi connectivity index (χ0n) is 13.9. The molecule has 1 aliphatic heterocycles. The number of hydrogen-bond acceptors (Lipinski definition) is 4. The molecule has 0 bridgehead atoms. The zero-order valence-corrected chi connectivity index (χ0v) is 13.9. The van der Waals surface area contributed by atoms with E-state index < -0.39 is 0 Å². The molecule has 3 rings (SSSR count). The molecule has 2 heterocycles. The van der Waals surface area contributed by atoms with Crippen molar-refractivity contribution in [3.05, 3.63) is 42.2 Å². The van der Waals surface area contributed by atoms with E-state index in [-0.39, 0.29) is 6.17 Å². The lowest BCUT2D eigenvalue weighted by atomic mass is 10.1. The van der Waals surface area contributed by atoms with Crippen molar-refractivity contribution in [1.82, 2.24) is 0 Å². The van der Waals surface area contributed by atoms with Crippen molar-refractivity contribution in [2.24, 2.45) is 0 Å². The van der Waals surface area contributed by atoms with E-state index >= 15 is 0 Å². The summed E-state index contributed by atoms with van der Waals surface area (Å²) < 4.78 is 10.7. The van der Waals surface area contributed by atoms with Gasteiger partial charge in [-0.15, -0.1) is 0 Å². The first-order valence-electron chi connectivity index (χ1n) is 8.09. The topological polar surface area (TPSA) is 61.5 Å². The van der Waals surface area contributed by atoms with Crippen LogP contribution in [0.3, 0.4) is 0 Å². The number of rotatable bonds is 4. The summed E-state index contributed by atoms with van der Waals surface area (Å²) in [6, 6.07) is 9.42. The van der Waals surface area contributed by atoms with Crippen LogP contribution >= 0.6 is 0 Å². The van der Waals surface area contributed by atoms with Crippen LogP contribution in [0.25, 0.3) is 0 Å². The first-order chi connectivity index (χ1) is 11.7. The molecule has 24 heavy (non-hydrogen) atoms. The number of ether oxygens (including phenoxy) is 1. The Kier molecular flexibility index (Phi) is 4.76. The molecule has 1 aromatic heterocycles. The molecule has 2 aromatic rings. The van der Waals surface area contributed by atoms with E-state index in [1.165, 1.54) is 0 Å². The van der Waals surface area contributed by atoms with E-state index in [9.17, 15) is 0 Å². The molecule has 0 radical (unpaired) electrons. The molecular weight excluding hydrogens is 302 g/mol. The lowest BCUT2D eigenvalue weighted by Gasteiger charge is -2.34. The number of benzene rings is 1. The largest absolute Gasteiger partial charge is 0.497 e. The Morgan fingerprint density at radius 3 is 2.79 bits per heavy atom. The third kappa shape index (κ3) is 3.09. The van der Waals surface area contributed by atoms with Crippen LogP contribution in [0.15, 0.2) is 41.0 Å². The third-order valence-corrected chi connectivity index (χ3v) is 3.93. The second-order valence-electron chi connectivity index (χ2n) is 5.55. The SMILES string of the molecule is CCCCC#CC1Nc2occc2C(=N)N1c1ccc(OC)cc1. The molecule has 0 saturated heterocycles. The molecule has 5 heteroatoms. The molecule has 0 aliphatic carbocycles. The molecule has 1 aliphatic rings. The standard InChI is InChI=1S/C19H21N3O2/c1-3-4-5-6-7-17-21-19-16(12-13-24-19)18(20)22(17)14-8-10-15(23-2)11-9-14/h8-13,17,20-21H,3-5H2,1-2H3. The molecule has 0 spiro atoms. The van der Waals surface area contributed by atoms with Gasteiger partial charge in [0.25, 0.3) is 0 Å². The van der Waals surface area contributed by atoms with Gasteiger partial charge < -0.3 is 14.5 Å². The first kappa shape index (κ1) is 16.0. The average Bonchev–Trinajstić information content (AvgIpc) is 3.08. The van der Waals surface area contributed by atoms with Crippen molar-refractivity contribution in [3.63, 3.8) is 0 Å². The van der Waals surface area contributed by atoms with Crippen LogP contribution in [0.1, 0.15) is 31.7 Å². The number of nitrogens with zero attached hydrogens (tertiary/aromatic N) is 1. The Labute approximate surface area is 142 Å². The molecule has 124 valence electrons. The minimum atomic E-state index is -0.332. The fraction of sp³-hybridized carbons (Fsp3) is 0.316. The van der Waals surface area contributed by atoms with E-state index in [1.807, 2.05) is 29.2 Å². The van der Waals surface area contributed by atoms with E-state index in [4.69, 9.17) is 14.6 Å². The summed E-state index contributed by atoms with van der Waals surface area (Å²) in [6.07, 6.45) is 4.30. The van der Waals surface area contributed by atoms with E-state index in [0.717, 1.165) is 36.3 Å². The van der Waals surface area contributed by atoms with Crippen LogP contribution in [0.2, 0.25) is 0 Å². The van der Waals surface area contributed by atoms with Crippen LogP contribution in [0, 0.1) is 17.3 Å². The molecular formula is C19H21N3O2. The highest BCUT2D eigenvalue weighted by Gasteiger charge is 2.31. The van der Waals surface area contributed by atoms with Crippen LogP contribution in [-0.4, -0.2) is 19.1 Å². The second-order valence-corrected chi connectivity index (χ2v) is 5.55. The maximum Gasteiger partial charge on any atom is 0.206 e. The molecule has 5 nitrogen and oxygen atoms in total. The fourth-order valence-electron chi connectivity index (χ4n) is 2.61. The molecule has 2 N–H and O–H groups in total. The summed E-state index contributed by atoms with van der Waals surface area (Å²) in [5.41, 5.74) is 1.62. The number of unbranched alkanes of at least 4 members (excludes halogenated alkanes) is 2. The molecule has 0 saturated carbocycles. The van der Waals surface area contributed by atoms with Crippen molar-refractivity contribution in [3.8, 4) is 17.6 Å². The van der Waals surface area contributed by atoms with Gasteiger partial charge in [-0.1, -0.05) is 25.2 Å². The lowest BCUT2D eigenvalue weighted by Crippen LogP contribution is -2.48. The number of fused-ring (bicyclic) bond motifs is 1. The third-order valence-electron chi connectivity index (χ3n) is 3.93. The average molecular weight is 323 g/mol. The summed E-state index contributed by atoms with van der Waals surface area (Å²) in [5.74, 6) is 8.18. The normalized spacial score (nSPS) is 16.0. The maximum absolute atomic E-state index is 8.55. The molecule has 1 atom stereocenters. The van der Waals surface area contributed by atoms with Gasteiger partial charge in [-0.05, 0) is 36.8 Å². The quantitative estimate of drug-likeness (QED) is 0.658. The van der Waals surface area contributed by atoms with Gasteiger partial charge in [0.05, 0.1) is 18.9 Å². The molecule has 0 amide bonds. The first-order valence-corrected chi connectivity index (χ1v) is 8.09. The van der Waals surface area contributed by atoms with Crippen molar-refractivity contribution in [2.75, 3.05) is 17.3 Å². The number of methoxy groups -OCH3 is 1. The Morgan fingerprint density at radius 1 is 1.29 bits per heavy atom. The highest BCUT2D eigenvalue weighted by atomic mass is 16.5. The fourth-order valence-corrected chi connectivity index (χ4v) is 2.61. The van der Waals surface area contributed by atoms with Gasteiger partial charge in [0.1, 0.15) is 11.6 Å². The summed E-state index contributed by atoms with van der Waals surface area (Å²) in [5, 5.41) is 11.8. The number of nitrogens with one attached hydrogen (secondary N) is 2. The van der Waals surface area contributed by atoms with Crippen molar-refractivity contribution in [1.29, 1.82) is 5.41 Å². The number of hydrogen-bond donors (Lipinski definition) is 2. The van der Waals surface area contributed by atoms with E-state index in [1.54, 1.807) is 19.4 Å². The lowest BCUT2D eigenvalue weighted by molar-refractivity contribution is 0.415. The maximum atomic E-state index is 8.55. The molecule has 1 aromatic carbocycles. The summed E-state index contributed by atoms with van der Waals surface area (Å²) in [4.78, 5) is 1.87. The molecule has 1 unspecified atom stereocenters. The van der Waals surface area contributed by atoms with E-state index in [2.05, 4.69) is 24.1 Å². The highest BCUT2D eigenvalue weighted by Crippen LogP contribution is 2.31. The van der Waals surface area contributed by atoms with Gasteiger partial charge in [-0.3, -0.25) is 10.3 Å². The summed E-state index contributed by atoms with van der Waals surface area (Å²) in [7, 11) is 1.64. The number of anilines is 2. The molecule has 0 fully saturated rings. The van der Waals surface area contributed by atoms with Crippen LogP contribution in [0.4, 0.5) is 11.6 Å². The Hall–Kier alpha value is -2.87.